The lowest BCUT2D eigenvalue weighted by Crippen LogP contribution is -2.38. The zero-order valence-electron chi connectivity index (χ0n) is 12.3. The van der Waals surface area contributed by atoms with E-state index in [-0.39, 0.29) is 18.3 Å². The van der Waals surface area contributed by atoms with Crippen LogP contribution in [0.4, 0.5) is 0 Å². The van der Waals surface area contributed by atoms with Crippen LogP contribution in [0.25, 0.3) is 5.69 Å². The number of benzene rings is 1. The van der Waals surface area contributed by atoms with Crippen LogP contribution >= 0.6 is 12.4 Å². The second-order valence-corrected chi connectivity index (χ2v) is 5.50. The van der Waals surface area contributed by atoms with Gasteiger partial charge in [-0.05, 0) is 37.6 Å². The Labute approximate surface area is 136 Å². The molecular formula is C16H20ClN3O2. The highest BCUT2D eigenvalue weighted by Crippen LogP contribution is 2.18. The molecule has 2 aromatic rings. The summed E-state index contributed by atoms with van der Waals surface area (Å²) in [7, 11) is 0. The quantitative estimate of drug-likeness (QED) is 0.940. The summed E-state index contributed by atoms with van der Waals surface area (Å²) in [6.45, 7) is 2.28. The SMILES string of the molecule is Cl.O=C(O)C1CCCN(Cc2ccn(-c3ccccc3)n2)C1. The maximum atomic E-state index is 11.1. The van der Waals surface area contributed by atoms with Gasteiger partial charge in [-0.2, -0.15) is 5.10 Å². The number of carboxylic acids is 1. The lowest BCUT2D eigenvalue weighted by Gasteiger charge is -2.29. The van der Waals surface area contributed by atoms with E-state index in [1.165, 1.54) is 0 Å². The Morgan fingerprint density at radius 1 is 1.27 bits per heavy atom. The zero-order chi connectivity index (χ0) is 14.7. The van der Waals surface area contributed by atoms with E-state index >= 15 is 0 Å². The molecule has 0 radical (unpaired) electrons. The molecule has 6 heteroatoms. The van der Waals surface area contributed by atoms with Crippen LogP contribution < -0.4 is 0 Å². The maximum Gasteiger partial charge on any atom is 0.307 e. The Bertz CT molecular complexity index is 615. The minimum atomic E-state index is -0.686. The molecule has 1 aromatic heterocycles. The first-order chi connectivity index (χ1) is 10.2. The second kappa shape index (κ2) is 7.42. The van der Waals surface area contributed by atoms with Crippen molar-refractivity contribution in [3.63, 3.8) is 0 Å². The number of piperidine rings is 1. The van der Waals surface area contributed by atoms with Gasteiger partial charge < -0.3 is 5.11 Å². The first-order valence-corrected chi connectivity index (χ1v) is 7.27. The van der Waals surface area contributed by atoms with E-state index in [1.54, 1.807) is 0 Å². The Morgan fingerprint density at radius 3 is 2.77 bits per heavy atom. The standard InChI is InChI=1S/C16H19N3O2.ClH/c20-16(21)13-5-4-9-18(11-13)12-14-8-10-19(17-14)15-6-2-1-3-7-15;/h1-3,6-8,10,13H,4-5,9,11-12H2,(H,20,21);1H. The summed E-state index contributed by atoms with van der Waals surface area (Å²) in [5, 5.41) is 13.7. The molecule has 1 fully saturated rings. The third-order valence-corrected chi connectivity index (χ3v) is 3.91. The number of halogens is 1. The lowest BCUT2D eigenvalue weighted by molar-refractivity contribution is -0.143. The molecule has 1 N–H and O–H groups in total. The third kappa shape index (κ3) is 3.87. The van der Waals surface area contributed by atoms with Crippen molar-refractivity contribution in [3.8, 4) is 5.69 Å². The van der Waals surface area contributed by atoms with Crippen molar-refractivity contribution in [2.75, 3.05) is 13.1 Å². The molecule has 118 valence electrons. The Kier molecular flexibility index (Phi) is 5.57. The van der Waals surface area contributed by atoms with E-state index < -0.39 is 5.97 Å². The Balaban J connectivity index is 0.00000176. The van der Waals surface area contributed by atoms with Gasteiger partial charge in [0, 0.05) is 19.3 Å². The average molecular weight is 322 g/mol. The number of aromatic nitrogens is 2. The minimum absolute atomic E-state index is 0. The largest absolute Gasteiger partial charge is 0.481 e. The number of para-hydroxylation sites is 1. The van der Waals surface area contributed by atoms with Crippen molar-refractivity contribution in [3.05, 3.63) is 48.3 Å². The highest BCUT2D eigenvalue weighted by Gasteiger charge is 2.25. The van der Waals surface area contributed by atoms with Gasteiger partial charge in [0.15, 0.2) is 0 Å². The molecule has 1 aliphatic rings. The van der Waals surface area contributed by atoms with Gasteiger partial charge in [-0.1, -0.05) is 18.2 Å². The van der Waals surface area contributed by atoms with Crippen molar-refractivity contribution < 1.29 is 9.90 Å². The van der Waals surface area contributed by atoms with Gasteiger partial charge in [-0.15, -0.1) is 12.4 Å². The van der Waals surface area contributed by atoms with Gasteiger partial charge in [0.2, 0.25) is 0 Å². The fourth-order valence-electron chi connectivity index (χ4n) is 2.80. The molecule has 1 atom stereocenters. The predicted octanol–water partition coefficient (Wildman–Crippen LogP) is 2.59. The van der Waals surface area contributed by atoms with Crippen LogP contribution in [-0.2, 0) is 11.3 Å². The molecule has 1 aliphatic heterocycles. The lowest BCUT2D eigenvalue weighted by atomic mass is 9.98. The first kappa shape index (κ1) is 16.5. The molecule has 5 nitrogen and oxygen atoms in total. The van der Waals surface area contributed by atoms with Gasteiger partial charge >= 0.3 is 5.97 Å². The van der Waals surface area contributed by atoms with Crippen LogP contribution in [0, 0.1) is 5.92 Å². The summed E-state index contributed by atoms with van der Waals surface area (Å²) >= 11 is 0. The van der Waals surface area contributed by atoms with E-state index in [4.69, 9.17) is 5.11 Å². The summed E-state index contributed by atoms with van der Waals surface area (Å²) in [5.41, 5.74) is 2.01. The molecular weight excluding hydrogens is 302 g/mol. The normalized spacial score (nSPS) is 18.6. The molecule has 2 heterocycles. The van der Waals surface area contributed by atoms with Crippen LogP contribution in [0.3, 0.4) is 0 Å². The van der Waals surface area contributed by atoms with Gasteiger partial charge in [0.1, 0.15) is 0 Å². The number of nitrogens with zero attached hydrogens (tertiary/aromatic N) is 3. The van der Waals surface area contributed by atoms with Gasteiger partial charge in [0.05, 0.1) is 17.3 Å². The maximum absolute atomic E-state index is 11.1. The molecule has 1 unspecified atom stereocenters. The smallest absolute Gasteiger partial charge is 0.307 e. The fourth-order valence-corrected chi connectivity index (χ4v) is 2.80. The van der Waals surface area contributed by atoms with Crippen molar-refractivity contribution >= 4 is 18.4 Å². The van der Waals surface area contributed by atoms with E-state index in [9.17, 15) is 4.79 Å². The van der Waals surface area contributed by atoms with Gasteiger partial charge in [-0.25, -0.2) is 4.68 Å². The van der Waals surface area contributed by atoms with E-state index in [0.29, 0.717) is 13.1 Å². The van der Waals surface area contributed by atoms with Crippen LogP contribution in [0.1, 0.15) is 18.5 Å². The van der Waals surface area contributed by atoms with Crippen molar-refractivity contribution in [1.82, 2.24) is 14.7 Å². The molecule has 22 heavy (non-hydrogen) atoms. The van der Waals surface area contributed by atoms with Crippen LogP contribution in [0.15, 0.2) is 42.6 Å². The predicted molar refractivity (Wildman–Crippen MR) is 86.4 cm³/mol. The van der Waals surface area contributed by atoms with Crippen molar-refractivity contribution in [2.24, 2.45) is 5.92 Å². The molecule has 0 saturated carbocycles. The third-order valence-electron chi connectivity index (χ3n) is 3.91. The molecule has 0 amide bonds. The van der Waals surface area contributed by atoms with Crippen LogP contribution in [-0.4, -0.2) is 38.8 Å². The average Bonchev–Trinajstić information content (AvgIpc) is 2.97. The number of hydrogen-bond donors (Lipinski definition) is 1. The fraction of sp³-hybridized carbons (Fsp3) is 0.375. The summed E-state index contributed by atoms with van der Waals surface area (Å²) in [4.78, 5) is 13.3. The number of likely N-dealkylation sites (tertiary alicyclic amines) is 1. The highest BCUT2D eigenvalue weighted by atomic mass is 35.5. The van der Waals surface area contributed by atoms with E-state index in [0.717, 1.165) is 30.8 Å². The monoisotopic (exact) mass is 321 g/mol. The number of hydrogen-bond acceptors (Lipinski definition) is 3. The zero-order valence-corrected chi connectivity index (χ0v) is 13.1. The summed E-state index contributed by atoms with van der Waals surface area (Å²) in [5.74, 6) is -0.926. The van der Waals surface area contributed by atoms with Crippen molar-refractivity contribution in [1.29, 1.82) is 0 Å². The highest BCUT2D eigenvalue weighted by molar-refractivity contribution is 5.85. The Morgan fingerprint density at radius 2 is 2.05 bits per heavy atom. The summed E-state index contributed by atoms with van der Waals surface area (Å²) in [6, 6.07) is 12.0. The van der Waals surface area contributed by atoms with Gasteiger partial charge in [0.25, 0.3) is 0 Å². The Hall–Kier alpha value is -1.85. The molecule has 0 bridgehead atoms. The number of carbonyl (C=O) groups is 1. The van der Waals surface area contributed by atoms with E-state index in [2.05, 4.69) is 10.00 Å². The van der Waals surface area contributed by atoms with E-state index in [1.807, 2.05) is 47.3 Å². The topological polar surface area (TPSA) is 58.4 Å². The molecule has 3 rings (SSSR count). The number of aliphatic carboxylic acids is 1. The second-order valence-electron chi connectivity index (χ2n) is 5.50. The van der Waals surface area contributed by atoms with Gasteiger partial charge in [-0.3, -0.25) is 9.69 Å². The number of carboxylic acid groups (broad SMARTS) is 1. The first-order valence-electron chi connectivity index (χ1n) is 7.27. The molecule has 0 aliphatic carbocycles. The summed E-state index contributed by atoms with van der Waals surface area (Å²) in [6.07, 6.45) is 3.67. The molecule has 1 aromatic carbocycles. The van der Waals surface area contributed by atoms with Crippen LogP contribution in [0.5, 0.6) is 0 Å². The van der Waals surface area contributed by atoms with Crippen LogP contribution in [0.2, 0.25) is 0 Å². The molecule has 1 saturated heterocycles. The van der Waals surface area contributed by atoms with Crippen molar-refractivity contribution in [2.45, 2.75) is 19.4 Å². The summed E-state index contributed by atoms with van der Waals surface area (Å²) < 4.78 is 1.86. The minimum Gasteiger partial charge on any atom is -0.481 e. The number of rotatable bonds is 4. The molecule has 0 spiro atoms.